The molecule has 0 aliphatic rings. The van der Waals surface area contributed by atoms with E-state index in [0.29, 0.717) is 33.9 Å². The zero-order chi connectivity index (χ0) is 14.5. The van der Waals surface area contributed by atoms with Crippen LogP contribution in [-0.2, 0) is 6.54 Å². The van der Waals surface area contributed by atoms with Crippen LogP contribution in [-0.4, -0.2) is 21.8 Å². The number of carbonyl (C=O) groups is 1. The molecule has 0 spiro atoms. The van der Waals surface area contributed by atoms with Crippen molar-refractivity contribution < 1.29 is 18.1 Å². The van der Waals surface area contributed by atoms with Crippen molar-refractivity contribution in [2.75, 3.05) is 0 Å². The Kier molecular flexibility index (Phi) is 4.67. The summed E-state index contributed by atoms with van der Waals surface area (Å²) in [5.41, 5.74) is 0.375. The molecule has 1 heterocycles. The second kappa shape index (κ2) is 6.47. The van der Waals surface area contributed by atoms with E-state index in [1.807, 2.05) is 0 Å². The minimum atomic E-state index is -2.48. The zero-order valence-corrected chi connectivity index (χ0v) is 11.3. The van der Waals surface area contributed by atoms with Gasteiger partial charge in [-0.3, -0.25) is 4.79 Å². The maximum atomic E-state index is 12.2. The molecule has 2 aromatic rings. The Morgan fingerprint density at radius 2 is 2.10 bits per heavy atom. The molecule has 1 amide bonds. The molecule has 0 unspecified atom stereocenters. The van der Waals surface area contributed by atoms with E-state index >= 15 is 0 Å². The number of rotatable bonds is 5. The minimum Gasteiger partial charge on any atom is -0.343 e. The highest BCUT2D eigenvalue weighted by Crippen LogP contribution is 2.25. The summed E-state index contributed by atoms with van der Waals surface area (Å²) in [6, 6.07) is 5.92. The van der Waals surface area contributed by atoms with Gasteiger partial charge in [0.15, 0.2) is 5.82 Å². The van der Waals surface area contributed by atoms with E-state index in [1.165, 1.54) is 24.3 Å². The number of carbonyl (C=O) groups excluding carboxylic acids is 1. The average Bonchev–Trinajstić information content (AvgIpc) is 2.82. The number of nitrogens with one attached hydrogen (secondary N) is 1. The monoisotopic (exact) mass is 299 g/mol. The SMILES string of the molecule is Cc1noc(CNC(=O)c2ccc(SC(F)F)cc2)n1. The lowest BCUT2D eigenvalue weighted by atomic mass is 10.2. The molecule has 0 radical (unpaired) electrons. The van der Waals surface area contributed by atoms with E-state index in [1.54, 1.807) is 6.92 Å². The molecule has 1 aromatic carbocycles. The molecule has 0 saturated carbocycles. The summed E-state index contributed by atoms with van der Waals surface area (Å²) in [6.07, 6.45) is 0. The van der Waals surface area contributed by atoms with Gasteiger partial charge in [-0.15, -0.1) is 0 Å². The third-order valence-corrected chi connectivity index (χ3v) is 3.03. The second-order valence-corrected chi connectivity index (χ2v) is 4.88. The quantitative estimate of drug-likeness (QED) is 0.860. The van der Waals surface area contributed by atoms with E-state index in [4.69, 9.17) is 4.52 Å². The maximum Gasteiger partial charge on any atom is 0.288 e. The minimum absolute atomic E-state index is 0.118. The molecule has 1 N–H and O–H groups in total. The molecule has 20 heavy (non-hydrogen) atoms. The number of aromatic nitrogens is 2. The van der Waals surface area contributed by atoms with Crippen LogP contribution in [0.2, 0.25) is 0 Å². The van der Waals surface area contributed by atoms with Crippen molar-refractivity contribution >= 4 is 17.7 Å². The molecule has 0 fully saturated rings. The van der Waals surface area contributed by atoms with Crippen LogP contribution in [0.4, 0.5) is 8.78 Å². The summed E-state index contributed by atoms with van der Waals surface area (Å²) in [6.45, 7) is 1.79. The Hall–Kier alpha value is -1.96. The Morgan fingerprint density at radius 3 is 2.65 bits per heavy atom. The van der Waals surface area contributed by atoms with Gasteiger partial charge in [0.2, 0.25) is 5.89 Å². The fraction of sp³-hybridized carbons (Fsp3) is 0.250. The van der Waals surface area contributed by atoms with E-state index < -0.39 is 5.76 Å². The van der Waals surface area contributed by atoms with E-state index in [-0.39, 0.29) is 12.5 Å². The molecule has 0 atom stereocenters. The van der Waals surface area contributed by atoms with E-state index in [9.17, 15) is 13.6 Å². The van der Waals surface area contributed by atoms with Crippen LogP contribution in [0.15, 0.2) is 33.7 Å². The van der Waals surface area contributed by atoms with Gasteiger partial charge >= 0.3 is 0 Å². The van der Waals surface area contributed by atoms with Crippen molar-refractivity contribution in [1.82, 2.24) is 15.5 Å². The van der Waals surface area contributed by atoms with Gasteiger partial charge < -0.3 is 9.84 Å². The highest BCUT2D eigenvalue weighted by Gasteiger charge is 2.10. The molecule has 5 nitrogen and oxygen atoms in total. The van der Waals surface area contributed by atoms with Gasteiger partial charge in [-0.1, -0.05) is 16.9 Å². The van der Waals surface area contributed by atoms with Gasteiger partial charge in [0.1, 0.15) is 0 Å². The highest BCUT2D eigenvalue weighted by molar-refractivity contribution is 7.99. The van der Waals surface area contributed by atoms with Crippen molar-refractivity contribution in [3.8, 4) is 0 Å². The van der Waals surface area contributed by atoms with Gasteiger partial charge in [0, 0.05) is 10.5 Å². The summed E-state index contributed by atoms with van der Waals surface area (Å²) in [4.78, 5) is 16.2. The maximum absolute atomic E-state index is 12.2. The topological polar surface area (TPSA) is 68.0 Å². The van der Waals surface area contributed by atoms with Crippen LogP contribution in [0.1, 0.15) is 22.1 Å². The largest absolute Gasteiger partial charge is 0.343 e. The molecular formula is C12H11F2N3O2S. The van der Waals surface area contributed by atoms with Crippen LogP contribution in [0.25, 0.3) is 0 Å². The van der Waals surface area contributed by atoms with Crippen molar-refractivity contribution in [3.05, 3.63) is 41.5 Å². The average molecular weight is 299 g/mol. The van der Waals surface area contributed by atoms with Crippen molar-refractivity contribution in [1.29, 1.82) is 0 Å². The summed E-state index contributed by atoms with van der Waals surface area (Å²) in [5, 5.41) is 6.19. The third kappa shape index (κ3) is 4.02. The lowest BCUT2D eigenvalue weighted by molar-refractivity contribution is 0.0946. The van der Waals surface area contributed by atoms with Crippen LogP contribution in [0.3, 0.4) is 0 Å². The lowest BCUT2D eigenvalue weighted by Gasteiger charge is -2.04. The Balaban J connectivity index is 1.92. The second-order valence-electron chi connectivity index (χ2n) is 3.82. The van der Waals surface area contributed by atoms with Gasteiger partial charge in [-0.25, -0.2) is 0 Å². The standard InChI is InChI=1S/C12H11F2N3O2S/c1-7-16-10(19-17-7)6-15-11(18)8-2-4-9(5-3-8)20-12(13)14/h2-5,12H,6H2,1H3,(H,15,18). The molecule has 2 rings (SSSR count). The summed E-state index contributed by atoms with van der Waals surface area (Å²) in [7, 11) is 0. The first-order valence-electron chi connectivity index (χ1n) is 5.67. The lowest BCUT2D eigenvalue weighted by Crippen LogP contribution is -2.22. The predicted molar refractivity (Wildman–Crippen MR) is 68.5 cm³/mol. The number of nitrogens with zero attached hydrogens (tertiary/aromatic N) is 2. The van der Waals surface area contributed by atoms with Crippen LogP contribution < -0.4 is 5.32 Å². The third-order valence-electron chi connectivity index (χ3n) is 2.31. The van der Waals surface area contributed by atoms with Crippen molar-refractivity contribution in [2.24, 2.45) is 0 Å². The smallest absolute Gasteiger partial charge is 0.288 e. The molecule has 8 heteroatoms. The number of thioether (sulfide) groups is 1. The summed E-state index contributed by atoms with van der Waals surface area (Å²) < 4.78 is 29.2. The first-order valence-corrected chi connectivity index (χ1v) is 6.55. The van der Waals surface area contributed by atoms with Crippen molar-refractivity contribution in [3.63, 3.8) is 0 Å². The Bertz CT molecular complexity index is 587. The normalized spacial score (nSPS) is 10.8. The number of benzene rings is 1. The molecular weight excluding hydrogens is 288 g/mol. The number of alkyl halides is 2. The summed E-state index contributed by atoms with van der Waals surface area (Å²) >= 11 is 0.434. The predicted octanol–water partition coefficient (Wildman–Crippen LogP) is 2.62. The van der Waals surface area contributed by atoms with Crippen LogP contribution in [0, 0.1) is 6.92 Å². The molecule has 0 aliphatic carbocycles. The van der Waals surface area contributed by atoms with Gasteiger partial charge in [0.25, 0.3) is 11.7 Å². The van der Waals surface area contributed by atoms with Crippen LogP contribution >= 0.6 is 11.8 Å². The number of amides is 1. The first kappa shape index (κ1) is 14.4. The van der Waals surface area contributed by atoms with E-state index in [0.717, 1.165) is 0 Å². The Morgan fingerprint density at radius 1 is 1.40 bits per heavy atom. The highest BCUT2D eigenvalue weighted by atomic mass is 32.2. The number of aryl methyl sites for hydroxylation is 1. The number of halogens is 2. The van der Waals surface area contributed by atoms with Crippen LogP contribution in [0.5, 0.6) is 0 Å². The molecule has 1 aromatic heterocycles. The molecule has 0 aliphatic heterocycles. The van der Waals surface area contributed by atoms with Crippen molar-refractivity contribution in [2.45, 2.75) is 24.1 Å². The number of hydrogen-bond acceptors (Lipinski definition) is 5. The molecule has 0 saturated heterocycles. The summed E-state index contributed by atoms with van der Waals surface area (Å²) in [5.74, 6) is -2.02. The van der Waals surface area contributed by atoms with Gasteiger partial charge in [-0.2, -0.15) is 13.8 Å². The molecule has 106 valence electrons. The fourth-order valence-electron chi connectivity index (χ4n) is 1.46. The van der Waals surface area contributed by atoms with E-state index in [2.05, 4.69) is 15.5 Å². The first-order chi connectivity index (χ1) is 9.54. The number of hydrogen-bond donors (Lipinski definition) is 1. The van der Waals surface area contributed by atoms with Gasteiger partial charge in [0.05, 0.1) is 6.54 Å². The van der Waals surface area contributed by atoms with Gasteiger partial charge in [-0.05, 0) is 31.2 Å². The zero-order valence-electron chi connectivity index (χ0n) is 10.5. The fourth-order valence-corrected chi connectivity index (χ4v) is 1.96. The Labute approximate surface area is 117 Å². The molecule has 0 bridgehead atoms.